The molecule has 0 atom stereocenters. The van der Waals surface area contributed by atoms with Crippen LogP contribution in [0.5, 0.6) is 0 Å². The molecule has 0 heterocycles. The largest absolute Gasteiger partial charge is 0.481 e. The number of allylic oxidation sites excluding steroid dienone is 16. The first-order valence-electron chi connectivity index (χ1n) is 17.2. The monoisotopic (exact) mass is 608 g/mol. The maximum atomic E-state index is 10.3. The standard InChI is InChI=1S/2C20H32O2/c2*1-2-3-4-5-6-7-8-9-10-11-12-13-14-15-16-17-18-19-20(21)22/h2*6-7,9-10,12-13,15-16H,2-5,8,11,14,17-19H2,1H3,(H,21,22)/b7-6+,10-9+,13-12+,16-15+;7-6-,10-9-,13-12-,16-15-. The molecule has 0 aliphatic carbocycles. The molecule has 0 radical (unpaired) electrons. The molecule has 0 aromatic rings. The van der Waals surface area contributed by atoms with Crippen molar-refractivity contribution in [2.75, 3.05) is 0 Å². The maximum Gasteiger partial charge on any atom is 0.303 e. The number of unbranched alkanes of at least 4 members (excludes halogenated alkanes) is 8. The summed E-state index contributed by atoms with van der Waals surface area (Å²) in [6.07, 6.45) is 54.7. The van der Waals surface area contributed by atoms with Gasteiger partial charge >= 0.3 is 11.9 Å². The van der Waals surface area contributed by atoms with Gasteiger partial charge < -0.3 is 10.2 Å². The molecule has 44 heavy (non-hydrogen) atoms. The first kappa shape index (κ1) is 43.0. The predicted molar refractivity (Wildman–Crippen MR) is 192 cm³/mol. The van der Waals surface area contributed by atoms with Gasteiger partial charge in [-0.25, -0.2) is 0 Å². The Morgan fingerprint density at radius 3 is 0.818 bits per heavy atom. The van der Waals surface area contributed by atoms with Gasteiger partial charge in [0, 0.05) is 12.8 Å². The highest BCUT2D eigenvalue weighted by Gasteiger charge is 1.93. The van der Waals surface area contributed by atoms with E-state index in [2.05, 4.69) is 111 Å². The van der Waals surface area contributed by atoms with E-state index in [9.17, 15) is 9.59 Å². The van der Waals surface area contributed by atoms with E-state index in [1.165, 1.54) is 51.4 Å². The summed E-state index contributed by atoms with van der Waals surface area (Å²) in [5.74, 6) is -1.42. The minimum absolute atomic E-state index is 0.262. The van der Waals surface area contributed by atoms with Crippen LogP contribution in [0.3, 0.4) is 0 Å². The Morgan fingerprint density at radius 1 is 0.364 bits per heavy atom. The van der Waals surface area contributed by atoms with Gasteiger partial charge in [-0.1, -0.05) is 137 Å². The van der Waals surface area contributed by atoms with Crippen LogP contribution < -0.4 is 0 Å². The third kappa shape index (κ3) is 45.8. The Bertz CT molecular complexity index is 796. The van der Waals surface area contributed by atoms with Crippen molar-refractivity contribution in [1.82, 2.24) is 0 Å². The van der Waals surface area contributed by atoms with Gasteiger partial charge in [-0.3, -0.25) is 9.59 Å². The van der Waals surface area contributed by atoms with Gasteiger partial charge in [0.25, 0.3) is 0 Å². The first-order valence-corrected chi connectivity index (χ1v) is 17.2. The first-order chi connectivity index (χ1) is 21.5. The molecule has 0 amide bonds. The summed E-state index contributed by atoms with van der Waals surface area (Å²) >= 11 is 0. The number of aliphatic carboxylic acids is 2. The van der Waals surface area contributed by atoms with Crippen molar-refractivity contribution >= 4 is 11.9 Å². The fraction of sp³-hybridized carbons (Fsp3) is 0.550. The van der Waals surface area contributed by atoms with Crippen LogP contribution in [0.4, 0.5) is 0 Å². The summed E-state index contributed by atoms with van der Waals surface area (Å²) in [6, 6.07) is 0. The molecule has 0 rings (SSSR count). The van der Waals surface area contributed by atoms with Crippen LogP contribution in [-0.4, -0.2) is 22.2 Å². The Balaban J connectivity index is 0. The number of hydrogen-bond donors (Lipinski definition) is 2. The van der Waals surface area contributed by atoms with Gasteiger partial charge in [-0.2, -0.15) is 0 Å². The summed E-state index contributed by atoms with van der Waals surface area (Å²) in [6.45, 7) is 4.46. The van der Waals surface area contributed by atoms with Crippen molar-refractivity contribution in [2.45, 2.75) is 142 Å². The highest BCUT2D eigenvalue weighted by atomic mass is 16.4. The molecule has 0 unspecified atom stereocenters. The Labute approximate surface area is 270 Å². The van der Waals surface area contributed by atoms with Crippen LogP contribution in [0.15, 0.2) is 97.2 Å². The second-order valence-corrected chi connectivity index (χ2v) is 10.7. The molecule has 0 aromatic carbocycles. The molecule has 4 heteroatoms. The van der Waals surface area contributed by atoms with Crippen molar-refractivity contribution in [3.05, 3.63) is 97.2 Å². The number of carboxylic acids is 2. The van der Waals surface area contributed by atoms with E-state index >= 15 is 0 Å². The van der Waals surface area contributed by atoms with Crippen molar-refractivity contribution in [3.8, 4) is 0 Å². The molecular formula is C40H64O4. The summed E-state index contributed by atoms with van der Waals surface area (Å²) in [7, 11) is 0. The molecule has 0 aromatic heterocycles. The molecule has 0 aliphatic heterocycles. The predicted octanol–water partition coefficient (Wildman–Crippen LogP) is 12.4. The number of carbonyl (C=O) groups is 2. The zero-order valence-electron chi connectivity index (χ0n) is 28.1. The van der Waals surface area contributed by atoms with Crippen molar-refractivity contribution in [3.63, 3.8) is 0 Å². The van der Waals surface area contributed by atoms with Crippen molar-refractivity contribution in [1.29, 1.82) is 0 Å². The molecule has 0 bridgehead atoms. The average Bonchev–Trinajstić information content (AvgIpc) is 3.00. The summed E-state index contributed by atoms with van der Waals surface area (Å²) < 4.78 is 0. The molecule has 0 aliphatic rings. The number of hydrogen-bond acceptors (Lipinski definition) is 2. The fourth-order valence-electron chi connectivity index (χ4n) is 3.86. The average molecular weight is 609 g/mol. The van der Waals surface area contributed by atoms with E-state index < -0.39 is 11.9 Å². The molecule has 4 nitrogen and oxygen atoms in total. The maximum absolute atomic E-state index is 10.3. The van der Waals surface area contributed by atoms with E-state index in [0.29, 0.717) is 0 Å². The smallest absolute Gasteiger partial charge is 0.303 e. The van der Waals surface area contributed by atoms with E-state index in [1.54, 1.807) is 0 Å². The molecule has 248 valence electrons. The lowest BCUT2D eigenvalue weighted by molar-refractivity contribution is -0.138. The van der Waals surface area contributed by atoms with Gasteiger partial charge in [0.15, 0.2) is 0 Å². The minimum Gasteiger partial charge on any atom is -0.481 e. The normalized spacial score (nSPS) is 12.4. The molecule has 0 saturated heterocycles. The van der Waals surface area contributed by atoms with Crippen LogP contribution >= 0.6 is 0 Å². The van der Waals surface area contributed by atoms with Crippen LogP contribution in [-0.2, 0) is 9.59 Å². The fourth-order valence-corrected chi connectivity index (χ4v) is 3.86. The summed E-state index contributed by atoms with van der Waals surface area (Å²) in [5, 5.41) is 17.0. The Morgan fingerprint density at radius 2 is 0.591 bits per heavy atom. The van der Waals surface area contributed by atoms with E-state index in [-0.39, 0.29) is 12.8 Å². The lowest BCUT2D eigenvalue weighted by atomic mass is 10.2. The molecule has 0 spiro atoms. The van der Waals surface area contributed by atoms with Crippen molar-refractivity contribution in [2.24, 2.45) is 0 Å². The van der Waals surface area contributed by atoms with Crippen molar-refractivity contribution < 1.29 is 19.8 Å². The Hall–Kier alpha value is -3.14. The summed E-state index contributed by atoms with van der Waals surface area (Å²) in [4.78, 5) is 20.6. The van der Waals surface area contributed by atoms with Gasteiger partial charge in [0.2, 0.25) is 0 Å². The van der Waals surface area contributed by atoms with E-state index in [4.69, 9.17) is 10.2 Å². The SMILES string of the molecule is CCCCC/C=C/C/C=C/C/C=C/C/C=C/CCCC(=O)O.CCCCC/C=C\C/C=C\C/C=C\C/C=C\CCCC(=O)O. The molecular weight excluding hydrogens is 544 g/mol. The molecule has 2 N–H and O–H groups in total. The topological polar surface area (TPSA) is 74.6 Å². The quantitative estimate of drug-likeness (QED) is 0.0684. The molecule has 0 fully saturated rings. The third-order valence-corrected chi connectivity index (χ3v) is 6.44. The van der Waals surface area contributed by atoms with Gasteiger partial charge in [-0.05, 0) is 89.9 Å². The van der Waals surface area contributed by atoms with Crippen LogP contribution in [0.25, 0.3) is 0 Å². The highest BCUT2D eigenvalue weighted by Crippen LogP contribution is 2.03. The zero-order chi connectivity index (χ0) is 32.6. The van der Waals surface area contributed by atoms with Crippen LogP contribution in [0.1, 0.15) is 142 Å². The molecule has 0 saturated carbocycles. The minimum atomic E-state index is -0.712. The Kier molecular flexibility index (Phi) is 38.9. The number of carboxylic acid groups (broad SMARTS) is 2. The third-order valence-electron chi connectivity index (χ3n) is 6.44. The highest BCUT2D eigenvalue weighted by molar-refractivity contribution is 5.66. The second-order valence-electron chi connectivity index (χ2n) is 10.7. The summed E-state index contributed by atoms with van der Waals surface area (Å²) in [5.41, 5.74) is 0. The van der Waals surface area contributed by atoms with Gasteiger partial charge in [0.1, 0.15) is 0 Å². The van der Waals surface area contributed by atoms with Gasteiger partial charge in [-0.15, -0.1) is 0 Å². The zero-order valence-corrected chi connectivity index (χ0v) is 28.1. The van der Waals surface area contributed by atoms with Gasteiger partial charge in [0.05, 0.1) is 0 Å². The number of rotatable bonds is 28. The van der Waals surface area contributed by atoms with E-state index in [0.717, 1.165) is 64.2 Å². The van der Waals surface area contributed by atoms with Crippen LogP contribution in [0.2, 0.25) is 0 Å². The lowest BCUT2D eigenvalue weighted by Crippen LogP contribution is -1.92. The van der Waals surface area contributed by atoms with Crippen LogP contribution in [0, 0.1) is 0 Å². The second kappa shape index (κ2) is 39.9. The van der Waals surface area contributed by atoms with E-state index in [1.807, 2.05) is 0 Å². The lowest BCUT2D eigenvalue weighted by Gasteiger charge is -1.90.